The maximum atomic E-state index is 11.8. The molecule has 6 heteroatoms. The Labute approximate surface area is 151 Å². The van der Waals surface area contributed by atoms with Crippen LogP contribution in [0.25, 0.3) is 0 Å². The molecule has 0 aromatic heterocycles. The van der Waals surface area contributed by atoms with Crippen molar-refractivity contribution in [2.24, 2.45) is 4.99 Å². The minimum absolute atomic E-state index is 0.000270. The van der Waals surface area contributed by atoms with Crippen molar-refractivity contribution in [1.29, 1.82) is 0 Å². The number of nitrogens with zero attached hydrogens (tertiary/aromatic N) is 2. The Hall–Kier alpha value is -2.50. The van der Waals surface area contributed by atoms with Crippen LogP contribution in [0.2, 0.25) is 0 Å². The summed E-state index contributed by atoms with van der Waals surface area (Å²) in [5.41, 5.74) is 0.986. The quantitative estimate of drug-likeness (QED) is 0.295. The molecule has 0 aliphatic heterocycles. The number of ether oxygens (including phenoxy) is 1. The van der Waals surface area contributed by atoms with Gasteiger partial charge in [0.25, 0.3) is 0 Å². The van der Waals surface area contributed by atoms with Gasteiger partial charge in [0.1, 0.15) is 12.4 Å². The second-order valence-corrected chi connectivity index (χ2v) is 5.79. The van der Waals surface area contributed by atoms with Crippen LogP contribution in [0.1, 0.15) is 25.3 Å². The predicted octanol–water partition coefficient (Wildman–Crippen LogP) is 2.17. The molecule has 2 N–H and O–H groups in total. The van der Waals surface area contributed by atoms with Crippen molar-refractivity contribution in [1.82, 2.24) is 15.5 Å². The summed E-state index contributed by atoms with van der Waals surface area (Å²) in [4.78, 5) is 17.9. The van der Waals surface area contributed by atoms with Crippen LogP contribution in [0, 0.1) is 0 Å². The topological polar surface area (TPSA) is 66.0 Å². The predicted molar refractivity (Wildman–Crippen MR) is 103 cm³/mol. The monoisotopic (exact) mass is 346 g/mol. The van der Waals surface area contributed by atoms with Crippen LogP contribution in [0.4, 0.5) is 0 Å². The summed E-state index contributed by atoms with van der Waals surface area (Å²) < 4.78 is 5.66. The third kappa shape index (κ3) is 8.24. The van der Waals surface area contributed by atoms with E-state index in [0.29, 0.717) is 19.1 Å². The van der Waals surface area contributed by atoms with E-state index in [4.69, 9.17) is 4.74 Å². The molecule has 0 saturated carbocycles. The van der Waals surface area contributed by atoms with E-state index in [1.54, 1.807) is 25.1 Å². The van der Waals surface area contributed by atoms with Gasteiger partial charge >= 0.3 is 0 Å². The average Bonchev–Trinajstić information content (AvgIpc) is 2.62. The molecular formula is C19H30N4O2. The number of guanidine groups is 1. The van der Waals surface area contributed by atoms with Gasteiger partial charge in [-0.2, -0.15) is 0 Å². The fourth-order valence-corrected chi connectivity index (χ4v) is 1.96. The number of benzene rings is 1. The zero-order valence-corrected chi connectivity index (χ0v) is 15.5. The summed E-state index contributed by atoms with van der Waals surface area (Å²) >= 11 is 0. The fraction of sp³-hybridized carbons (Fsp3) is 0.474. The van der Waals surface area contributed by atoms with Gasteiger partial charge in [0.05, 0.1) is 13.1 Å². The molecule has 0 spiro atoms. The molecule has 0 bridgehead atoms. The van der Waals surface area contributed by atoms with E-state index in [-0.39, 0.29) is 12.5 Å². The molecule has 0 heterocycles. The van der Waals surface area contributed by atoms with Crippen LogP contribution in [-0.4, -0.2) is 50.6 Å². The van der Waals surface area contributed by atoms with E-state index < -0.39 is 0 Å². The van der Waals surface area contributed by atoms with Crippen molar-refractivity contribution in [3.05, 3.63) is 42.5 Å². The molecule has 0 radical (unpaired) electrons. The van der Waals surface area contributed by atoms with Gasteiger partial charge in [-0.15, -0.1) is 0 Å². The lowest BCUT2D eigenvalue weighted by Crippen LogP contribution is -2.43. The highest BCUT2D eigenvalue weighted by Gasteiger charge is 2.07. The van der Waals surface area contributed by atoms with Gasteiger partial charge < -0.3 is 20.3 Å². The Morgan fingerprint density at radius 3 is 2.76 bits per heavy atom. The fourth-order valence-electron chi connectivity index (χ4n) is 1.96. The highest BCUT2D eigenvalue weighted by molar-refractivity contribution is 5.86. The molecule has 25 heavy (non-hydrogen) atoms. The van der Waals surface area contributed by atoms with E-state index >= 15 is 0 Å². The van der Waals surface area contributed by atoms with Gasteiger partial charge in [0, 0.05) is 26.2 Å². The smallest absolute Gasteiger partial charge is 0.241 e. The summed E-state index contributed by atoms with van der Waals surface area (Å²) in [7, 11) is 3.47. The molecule has 0 aliphatic rings. The Morgan fingerprint density at radius 2 is 2.08 bits per heavy atom. The van der Waals surface area contributed by atoms with E-state index in [0.717, 1.165) is 30.7 Å². The van der Waals surface area contributed by atoms with E-state index in [2.05, 4.69) is 29.1 Å². The van der Waals surface area contributed by atoms with Crippen LogP contribution in [0.15, 0.2) is 41.9 Å². The average molecular weight is 346 g/mol. The van der Waals surface area contributed by atoms with Crippen LogP contribution < -0.4 is 15.4 Å². The Morgan fingerprint density at radius 1 is 1.32 bits per heavy atom. The highest BCUT2D eigenvalue weighted by atomic mass is 16.5. The lowest BCUT2D eigenvalue weighted by Gasteiger charge is -2.15. The zero-order chi connectivity index (χ0) is 18.5. The first-order valence-corrected chi connectivity index (χ1v) is 8.62. The van der Waals surface area contributed by atoms with Crippen molar-refractivity contribution in [2.75, 3.05) is 33.8 Å². The molecule has 1 aromatic rings. The standard InChI is InChI=1S/C19H30N4O2/c1-5-7-12-20-19(22-15-18(24)23(3)4)21-14-16-10-8-9-11-17(16)25-13-6-2/h6,8-11H,2,5,7,12-15H2,1,3-4H3,(H2,20,21,22). The van der Waals surface area contributed by atoms with Crippen LogP contribution in [0.5, 0.6) is 5.75 Å². The largest absolute Gasteiger partial charge is 0.489 e. The first-order valence-electron chi connectivity index (χ1n) is 8.62. The molecule has 1 aromatic carbocycles. The summed E-state index contributed by atoms with van der Waals surface area (Å²) in [5.74, 6) is 1.42. The molecule has 1 amide bonds. The van der Waals surface area contributed by atoms with Crippen molar-refractivity contribution in [3.63, 3.8) is 0 Å². The number of para-hydroxylation sites is 1. The number of likely N-dealkylation sites (N-methyl/N-ethyl adjacent to an activating group) is 1. The first kappa shape index (κ1) is 20.5. The van der Waals surface area contributed by atoms with Gasteiger partial charge in [0.2, 0.25) is 5.91 Å². The Kier molecular flexibility index (Phi) is 9.82. The number of nitrogens with one attached hydrogen (secondary N) is 2. The summed E-state index contributed by atoms with van der Waals surface area (Å²) in [6, 6.07) is 7.79. The second-order valence-electron chi connectivity index (χ2n) is 5.79. The number of rotatable bonds is 10. The maximum absolute atomic E-state index is 11.8. The minimum atomic E-state index is -0.000270. The van der Waals surface area contributed by atoms with Crippen molar-refractivity contribution < 1.29 is 9.53 Å². The molecule has 138 valence electrons. The number of carbonyl (C=O) groups is 1. The molecule has 0 unspecified atom stereocenters. The second kappa shape index (κ2) is 11.9. The van der Waals surface area contributed by atoms with Gasteiger partial charge in [0.15, 0.2) is 5.96 Å². The summed E-state index contributed by atoms with van der Waals surface area (Å²) in [6.07, 6.45) is 3.85. The molecule has 0 aliphatic carbocycles. The molecule has 0 saturated heterocycles. The molecule has 6 nitrogen and oxygen atoms in total. The SMILES string of the molecule is C=CCOc1ccccc1CN=C(NCCCC)NCC(=O)N(C)C. The molecule has 0 atom stereocenters. The number of aliphatic imine (C=N–C) groups is 1. The lowest BCUT2D eigenvalue weighted by molar-refractivity contribution is -0.127. The van der Waals surface area contributed by atoms with E-state index in [1.807, 2.05) is 24.3 Å². The van der Waals surface area contributed by atoms with Crippen molar-refractivity contribution >= 4 is 11.9 Å². The van der Waals surface area contributed by atoms with Crippen LogP contribution >= 0.6 is 0 Å². The van der Waals surface area contributed by atoms with Crippen molar-refractivity contribution in [2.45, 2.75) is 26.3 Å². The lowest BCUT2D eigenvalue weighted by atomic mass is 10.2. The third-order valence-corrected chi connectivity index (χ3v) is 3.47. The van der Waals surface area contributed by atoms with Crippen LogP contribution in [-0.2, 0) is 11.3 Å². The number of unbranched alkanes of at least 4 members (excludes halogenated alkanes) is 1. The number of carbonyl (C=O) groups excluding carboxylic acids is 1. The van der Waals surface area contributed by atoms with Gasteiger partial charge in [-0.25, -0.2) is 4.99 Å². The summed E-state index contributed by atoms with van der Waals surface area (Å²) in [6.45, 7) is 7.74. The van der Waals surface area contributed by atoms with E-state index in [1.165, 1.54) is 0 Å². The number of hydrogen-bond donors (Lipinski definition) is 2. The third-order valence-electron chi connectivity index (χ3n) is 3.47. The Bertz CT molecular complexity index is 570. The van der Waals surface area contributed by atoms with Gasteiger partial charge in [-0.1, -0.05) is 44.2 Å². The van der Waals surface area contributed by atoms with Gasteiger partial charge in [-0.05, 0) is 12.5 Å². The molecule has 1 rings (SSSR count). The van der Waals surface area contributed by atoms with Gasteiger partial charge in [-0.3, -0.25) is 4.79 Å². The minimum Gasteiger partial charge on any atom is -0.489 e. The van der Waals surface area contributed by atoms with Crippen molar-refractivity contribution in [3.8, 4) is 5.75 Å². The molecule has 0 fully saturated rings. The normalized spacial score (nSPS) is 10.9. The van der Waals surface area contributed by atoms with E-state index in [9.17, 15) is 4.79 Å². The zero-order valence-electron chi connectivity index (χ0n) is 15.5. The molecular weight excluding hydrogens is 316 g/mol. The number of hydrogen-bond acceptors (Lipinski definition) is 3. The first-order chi connectivity index (χ1) is 12.1. The highest BCUT2D eigenvalue weighted by Crippen LogP contribution is 2.18. The van der Waals surface area contributed by atoms with Crippen LogP contribution in [0.3, 0.4) is 0 Å². The number of amides is 1. The maximum Gasteiger partial charge on any atom is 0.241 e. The Balaban J connectivity index is 2.76. The summed E-state index contributed by atoms with van der Waals surface area (Å²) in [5, 5.41) is 6.34.